The van der Waals surface area contributed by atoms with E-state index in [1.165, 1.54) is 7.11 Å². The van der Waals surface area contributed by atoms with Gasteiger partial charge in [0.1, 0.15) is 6.61 Å². The number of pyridine rings is 1. The van der Waals surface area contributed by atoms with Crippen molar-refractivity contribution < 1.29 is 18.3 Å². The van der Waals surface area contributed by atoms with Crippen molar-refractivity contribution in [1.82, 2.24) is 14.5 Å². The molecule has 0 aromatic carbocycles. The third-order valence-corrected chi connectivity index (χ3v) is 2.83. The molecule has 0 aliphatic heterocycles. The second-order valence-corrected chi connectivity index (χ2v) is 4.16. The van der Waals surface area contributed by atoms with Gasteiger partial charge in [0, 0.05) is 6.07 Å². The maximum atomic E-state index is 11.9. The van der Waals surface area contributed by atoms with E-state index in [0.29, 0.717) is 22.8 Å². The third kappa shape index (κ3) is 3.27. The predicted octanol–water partition coefficient (Wildman–Crippen LogP) is 2.38. The van der Waals surface area contributed by atoms with Crippen LogP contribution >= 0.6 is 12.2 Å². The highest BCUT2D eigenvalue weighted by molar-refractivity contribution is 7.71. The first kappa shape index (κ1) is 13.9. The summed E-state index contributed by atoms with van der Waals surface area (Å²) in [4.78, 5) is 7.25. The number of H-pyrrole nitrogens is 1. The number of alkyl halides is 2. The van der Waals surface area contributed by atoms with Gasteiger partial charge in [-0.25, -0.2) is 8.78 Å². The van der Waals surface area contributed by atoms with Crippen molar-refractivity contribution in [2.75, 3.05) is 20.3 Å². The van der Waals surface area contributed by atoms with Crippen LogP contribution in [0.2, 0.25) is 0 Å². The zero-order valence-corrected chi connectivity index (χ0v) is 11.0. The molecule has 2 heterocycles. The minimum atomic E-state index is -2.46. The zero-order valence-electron chi connectivity index (χ0n) is 10.2. The Bertz CT molecular complexity index is 611. The highest BCUT2D eigenvalue weighted by Gasteiger charge is 2.08. The predicted molar refractivity (Wildman–Crippen MR) is 68.3 cm³/mol. The fraction of sp³-hybridized carbons (Fsp3) is 0.455. The highest BCUT2D eigenvalue weighted by Crippen LogP contribution is 2.16. The van der Waals surface area contributed by atoms with E-state index in [1.807, 2.05) is 0 Å². The largest absolute Gasteiger partial charge is 0.481 e. The lowest BCUT2D eigenvalue weighted by Crippen LogP contribution is -2.11. The van der Waals surface area contributed by atoms with Gasteiger partial charge in [-0.3, -0.25) is 4.57 Å². The number of ether oxygens (including phenoxy) is 2. The fourth-order valence-corrected chi connectivity index (χ4v) is 1.95. The number of methoxy groups -OCH3 is 1. The van der Waals surface area contributed by atoms with Crippen molar-refractivity contribution in [3.05, 3.63) is 16.9 Å². The SMILES string of the molecule is COc1ccc2[nH]c(=S)n(CCOCC(F)F)c2n1. The Morgan fingerprint density at radius 2 is 2.26 bits per heavy atom. The number of nitrogens with zero attached hydrogens (tertiary/aromatic N) is 2. The first-order chi connectivity index (χ1) is 9.11. The van der Waals surface area contributed by atoms with Gasteiger partial charge in [0.15, 0.2) is 10.4 Å². The molecule has 19 heavy (non-hydrogen) atoms. The summed E-state index contributed by atoms with van der Waals surface area (Å²) in [5.41, 5.74) is 1.38. The summed E-state index contributed by atoms with van der Waals surface area (Å²) in [5.74, 6) is 0.462. The molecule has 0 atom stereocenters. The van der Waals surface area contributed by atoms with Crippen LogP contribution in [0.4, 0.5) is 8.78 Å². The van der Waals surface area contributed by atoms with Crippen LogP contribution in [-0.4, -0.2) is 41.3 Å². The first-order valence-corrected chi connectivity index (χ1v) is 6.02. The molecule has 2 rings (SSSR count). The van der Waals surface area contributed by atoms with Crippen LogP contribution < -0.4 is 4.74 Å². The van der Waals surface area contributed by atoms with Crippen molar-refractivity contribution in [3.63, 3.8) is 0 Å². The Kier molecular flexibility index (Phi) is 4.43. The van der Waals surface area contributed by atoms with Gasteiger partial charge >= 0.3 is 0 Å². The molecule has 104 valence electrons. The lowest BCUT2D eigenvalue weighted by Gasteiger charge is -2.06. The summed E-state index contributed by atoms with van der Waals surface area (Å²) >= 11 is 5.16. The van der Waals surface area contributed by atoms with E-state index in [9.17, 15) is 8.78 Å². The van der Waals surface area contributed by atoms with Crippen molar-refractivity contribution in [2.24, 2.45) is 0 Å². The molecule has 0 fully saturated rings. The number of aromatic amines is 1. The quantitative estimate of drug-likeness (QED) is 0.655. The Morgan fingerprint density at radius 3 is 2.95 bits per heavy atom. The molecule has 1 N–H and O–H groups in total. The van der Waals surface area contributed by atoms with E-state index < -0.39 is 13.0 Å². The monoisotopic (exact) mass is 289 g/mol. The number of hydrogen-bond acceptors (Lipinski definition) is 4. The summed E-state index contributed by atoms with van der Waals surface area (Å²) in [5, 5.41) is 0. The van der Waals surface area contributed by atoms with Gasteiger partial charge in [0.05, 0.1) is 25.8 Å². The van der Waals surface area contributed by atoms with Crippen LogP contribution in [0.25, 0.3) is 11.2 Å². The van der Waals surface area contributed by atoms with Gasteiger partial charge in [0.25, 0.3) is 6.43 Å². The van der Waals surface area contributed by atoms with E-state index in [0.717, 1.165) is 5.52 Å². The number of hydrogen-bond donors (Lipinski definition) is 1. The maximum absolute atomic E-state index is 11.9. The average molecular weight is 289 g/mol. The molecule has 0 bridgehead atoms. The number of rotatable bonds is 6. The summed E-state index contributed by atoms with van der Waals surface area (Å²) in [6.07, 6.45) is -2.46. The van der Waals surface area contributed by atoms with Crippen molar-refractivity contribution in [1.29, 1.82) is 0 Å². The Balaban J connectivity index is 2.17. The summed E-state index contributed by atoms with van der Waals surface area (Å²) in [7, 11) is 1.52. The lowest BCUT2D eigenvalue weighted by molar-refractivity contribution is 0.0149. The first-order valence-electron chi connectivity index (χ1n) is 5.61. The van der Waals surface area contributed by atoms with Crippen LogP contribution in [0.15, 0.2) is 12.1 Å². The number of fused-ring (bicyclic) bond motifs is 1. The van der Waals surface area contributed by atoms with Gasteiger partial charge in [-0.05, 0) is 18.3 Å². The number of imidazole rings is 1. The van der Waals surface area contributed by atoms with Crippen LogP contribution in [-0.2, 0) is 11.3 Å². The van der Waals surface area contributed by atoms with Gasteiger partial charge in [0.2, 0.25) is 5.88 Å². The molecule has 0 radical (unpaired) electrons. The molecule has 0 saturated carbocycles. The number of nitrogens with one attached hydrogen (secondary N) is 1. The zero-order chi connectivity index (χ0) is 13.8. The van der Waals surface area contributed by atoms with Crippen LogP contribution in [0.1, 0.15) is 0 Å². The average Bonchev–Trinajstić information content (AvgIpc) is 2.69. The second-order valence-electron chi connectivity index (χ2n) is 3.77. The molecule has 5 nitrogen and oxygen atoms in total. The molecule has 2 aromatic rings. The highest BCUT2D eigenvalue weighted by atomic mass is 32.1. The van der Waals surface area contributed by atoms with E-state index in [2.05, 4.69) is 9.97 Å². The Labute approximate surface area is 113 Å². The molecule has 0 aliphatic rings. The normalized spacial score (nSPS) is 11.4. The van der Waals surface area contributed by atoms with Gasteiger partial charge < -0.3 is 14.5 Å². The molecule has 0 aliphatic carbocycles. The summed E-state index contributed by atoms with van der Waals surface area (Å²) in [6.45, 7) is -0.0807. The minimum Gasteiger partial charge on any atom is -0.481 e. The van der Waals surface area contributed by atoms with Gasteiger partial charge in [-0.2, -0.15) is 4.98 Å². The summed E-state index contributed by atoms with van der Waals surface area (Å²) in [6, 6.07) is 3.51. The van der Waals surface area contributed by atoms with E-state index in [4.69, 9.17) is 21.7 Å². The molecule has 0 unspecified atom stereocenters. The molecular weight excluding hydrogens is 276 g/mol. The Morgan fingerprint density at radius 1 is 1.47 bits per heavy atom. The van der Waals surface area contributed by atoms with Crippen LogP contribution in [0.5, 0.6) is 5.88 Å². The molecular formula is C11H13F2N3O2S. The van der Waals surface area contributed by atoms with Crippen molar-refractivity contribution in [3.8, 4) is 5.88 Å². The number of halogens is 2. The molecule has 0 saturated heterocycles. The van der Waals surface area contributed by atoms with Gasteiger partial charge in [-0.15, -0.1) is 0 Å². The molecule has 0 amide bonds. The van der Waals surface area contributed by atoms with Crippen molar-refractivity contribution >= 4 is 23.4 Å². The van der Waals surface area contributed by atoms with Crippen molar-refractivity contribution in [2.45, 2.75) is 13.0 Å². The summed E-state index contributed by atoms with van der Waals surface area (Å²) < 4.78 is 35.9. The molecule has 0 spiro atoms. The third-order valence-electron chi connectivity index (χ3n) is 2.50. The maximum Gasteiger partial charge on any atom is 0.261 e. The topological polar surface area (TPSA) is 52.1 Å². The number of aromatic nitrogens is 3. The van der Waals surface area contributed by atoms with Crippen LogP contribution in [0.3, 0.4) is 0 Å². The van der Waals surface area contributed by atoms with Gasteiger partial charge in [-0.1, -0.05) is 0 Å². The van der Waals surface area contributed by atoms with E-state index in [-0.39, 0.29) is 6.61 Å². The van der Waals surface area contributed by atoms with Crippen LogP contribution in [0, 0.1) is 4.77 Å². The minimum absolute atomic E-state index is 0.143. The standard InChI is InChI=1S/C11H13F2N3O2S/c1-17-9-3-2-7-10(15-9)16(11(19)14-7)4-5-18-6-8(12)13/h2-3,8H,4-6H2,1H3,(H,14,19). The Hall–Kier alpha value is -1.54. The fourth-order valence-electron chi connectivity index (χ4n) is 1.66. The second kappa shape index (κ2) is 6.07. The van der Waals surface area contributed by atoms with E-state index >= 15 is 0 Å². The lowest BCUT2D eigenvalue weighted by atomic mass is 10.4. The molecule has 2 aromatic heterocycles. The van der Waals surface area contributed by atoms with E-state index in [1.54, 1.807) is 16.7 Å². The molecule has 8 heteroatoms. The smallest absolute Gasteiger partial charge is 0.261 e.